The summed E-state index contributed by atoms with van der Waals surface area (Å²) in [5.74, 6) is 0.0571. The second-order valence-corrected chi connectivity index (χ2v) is 5.65. The van der Waals surface area contributed by atoms with Crippen molar-refractivity contribution in [1.82, 2.24) is 5.32 Å². The van der Waals surface area contributed by atoms with Gasteiger partial charge < -0.3 is 10.1 Å². The van der Waals surface area contributed by atoms with E-state index in [1.807, 2.05) is 0 Å². The third-order valence-electron chi connectivity index (χ3n) is 3.14. The second kappa shape index (κ2) is 6.84. The summed E-state index contributed by atoms with van der Waals surface area (Å²) in [5.41, 5.74) is 1.09. The molecule has 0 saturated heterocycles. The van der Waals surface area contributed by atoms with Crippen molar-refractivity contribution < 1.29 is 9.13 Å². The minimum absolute atomic E-state index is 0.338. The van der Waals surface area contributed by atoms with Gasteiger partial charge in [-0.15, -0.1) is 0 Å². The lowest BCUT2D eigenvalue weighted by atomic mass is 9.98. The number of methoxy groups -OCH3 is 1. The maximum Gasteiger partial charge on any atom is 0.138 e. The molecule has 0 bridgehead atoms. The number of rotatable bonds is 4. The van der Waals surface area contributed by atoms with Crippen LogP contribution < -0.4 is 10.1 Å². The molecule has 1 atom stereocenters. The van der Waals surface area contributed by atoms with E-state index in [9.17, 15) is 4.39 Å². The Bertz CT molecular complexity index is 664. The van der Waals surface area contributed by atoms with E-state index in [-0.39, 0.29) is 0 Å². The summed E-state index contributed by atoms with van der Waals surface area (Å²) >= 11 is 18.2. The molecule has 112 valence electrons. The summed E-state index contributed by atoms with van der Waals surface area (Å²) in [7, 11) is 3.22. The smallest absolute Gasteiger partial charge is 0.138 e. The van der Waals surface area contributed by atoms with Crippen molar-refractivity contribution in [3.63, 3.8) is 0 Å². The van der Waals surface area contributed by atoms with Crippen molar-refractivity contribution in [2.75, 3.05) is 14.2 Å². The predicted octanol–water partition coefficient (Wildman–Crippen LogP) is 5.10. The van der Waals surface area contributed by atoms with Gasteiger partial charge in [-0.05, 0) is 30.8 Å². The zero-order valence-corrected chi connectivity index (χ0v) is 13.7. The zero-order valence-electron chi connectivity index (χ0n) is 11.4. The molecule has 0 spiro atoms. The van der Waals surface area contributed by atoms with Crippen LogP contribution in [0.2, 0.25) is 15.1 Å². The molecule has 0 saturated carbocycles. The molecule has 2 aromatic rings. The lowest BCUT2D eigenvalue weighted by Crippen LogP contribution is -2.19. The molecule has 0 aliphatic rings. The molecular formula is C15H13Cl3FNO. The first kappa shape index (κ1) is 16.4. The standard InChI is InChI=1S/C15H13Cl3FNO/c1-20-15(9-4-3-8(16)5-13(9)19)10-6-12(18)14(21-2)7-11(10)17/h3-7,15,20H,1-2H3. The topological polar surface area (TPSA) is 21.3 Å². The first-order chi connectivity index (χ1) is 9.97. The average molecular weight is 349 g/mol. The molecule has 0 fully saturated rings. The molecule has 1 N–H and O–H groups in total. The van der Waals surface area contributed by atoms with Gasteiger partial charge in [0.05, 0.1) is 18.2 Å². The molecule has 2 rings (SSSR count). The van der Waals surface area contributed by atoms with Crippen LogP contribution in [0.4, 0.5) is 4.39 Å². The average Bonchev–Trinajstić information content (AvgIpc) is 2.45. The Hall–Kier alpha value is -1.00. The fraction of sp³-hybridized carbons (Fsp3) is 0.200. The Balaban J connectivity index is 2.53. The second-order valence-electron chi connectivity index (χ2n) is 4.40. The molecular weight excluding hydrogens is 336 g/mol. The molecule has 2 aromatic carbocycles. The molecule has 0 aromatic heterocycles. The van der Waals surface area contributed by atoms with Crippen molar-refractivity contribution in [2.45, 2.75) is 6.04 Å². The number of benzene rings is 2. The van der Waals surface area contributed by atoms with Crippen LogP contribution in [-0.2, 0) is 0 Å². The van der Waals surface area contributed by atoms with Crippen molar-refractivity contribution in [2.24, 2.45) is 0 Å². The van der Waals surface area contributed by atoms with Gasteiger partial charge in [0.2, 0.25) is 0 Å². The monoisotopic (exact) mass is 347 g/mol. The largest absolute Gasteiger partial charge is 0.495 e. The van der Waals surface area contributed by atoms with E-state index in [0.29, 0.717) is 31.9 Å². The van der Waals surface area contributed by atoms with Crippen LogP contribution in [0.25, 0.3) is 0 Å². The Labute approximate surface area is 137 Å². The van der Waals surface area contributed by atoms with Gasteiger partial charge in [0.1, 0.15) is 11.6 Å². The number of ether oxygens (including phenoxy) is 1. The van der Waals surface area contributed by atoms with Crippen molar-refractivity contribution >= 4 is 34.8 Å². The highest BCUT2D eigenvalue weighted by Crippen LogP contribution is 2.37. The van der Waals surface area contributed by atoms with E-state index in [1.54, 1.807) is 31.3 Å². The Kier molecular flexibility index (Phi) is 5.33. The van der Waals surface area contributed by atoms with Gasteiger partial charge in [0, 0.05) is 21.7 Å². The summed E-state index contributed by atoms with van der Waals surface area (Å²) in [6.45, 7) is 0. The molecule has 0 amide bonds. The van der Waals surface area contributed by atoms with Crippen LogP contribution in [0, 0.1) is 5.82 Å². The van der Waals surface area contributed by atoms with Crippen LogP contribution in [0.15, 0.2) is 30.3 Å². The summed E-state index contributed by atoms with van der Waals surface area (Å²) in [6.07, 6.45) is 0. The third kappa shape index (κ3) is 3.43. The van der Waals surface area contributed by atoms with Crippen LogP contribution in [-0.4, -0.2) is 14.2 Å². The number of hydrogen-bond donors (Lipinski definition) is 1. The number of hydrogen-bond acceptors (Lipinski definition) is 2. The van der Waals surface area contributed by atoms with Crippen LogP contribution in [0.5, 0.6) is 5.75 Å². The van der Waals surface area contributed by atoms with Gasteiger partial charge in [-0.3, -0.25) is 0 Å². The van der Waals surface area contributed by atoms with Gasteiger partial charge in [-0.25, -0.2) is 4.39 Å². The Morgan fingerprint density at radius 3 is 2.33 bits per heavy atom. The van der Waals surface area contributed by atoms with Crippen molar-refractivity contribution in [3.8, 4) is 5.75 Å². The highest BCUT2D eigenvalue weighted by Gasteiger charge is 2.20. The minimum Gasteiger partial charge on any atom is -0.495 e. The molecule has 6 heteroatoms. The first-order valence-corrected chi connectivity index (χ1v) is 7.26. The summed E-state index contributed by atoms with van der Waals surface area (Å²) < 4.78 is 19.2. The van der Waals surface area contributed by atoms with E-state index >= 15 is 0 Å². The molecule has 2 nitrogen and oxygen atoms in total. The lowest BCUT2D eigenvalue weighted by molar-refractivity contribution is 0.414. The number of halogens is 4. The maximum atomic E-state index is 14.1. The lowest BCUT2D eigenvalue weighted by Gasteiger charge is -2.20. The molecule has 0 heterocycles. The highest BCUT2D eigenvalue weighted by molar-refractivity contribution is 6.34. The van der Waals surface area contributed by atoms with Gasteiger partial charge in [-0.1, -0.05) is 40.9 Å². The predicted molar refractivity (Wildman–Crippen MR) is 85.3 cm³/mol. The van der Waals surface area contributed by atoms with Gasteiger partial charge >= 0.3 is 0 Å². The van der Waals surface area contributed by atoms with Crippen LogP contribution in [0.1, 0.15) is 17.2 Å². The molecule has 0 aliphatic heterocycles. The van der Waals surface area contributed by atoms with E-state index in [4.69, 9.17) is 39.5 Å². The normalized spacial score (nSPS) is 12.3. The van der Waals surface area contributed by atoms with Gasteiger partial charge in [0.15, 0.2) is 0 Å². The fourth-order valence-corrected chi connectivity index (χ4v) is 2.81. The molecule has 0 aliphatic carbocycles. The first-order valence-electron chi connectivity index (χ1n) is 6.13. The third-order valence-corrected chi connectivity index (χ3v) is 4.00. The van der Waals surface area contributed by atoms with Gasteiger partial charge in [-0.2, -0.15) is 0 Å². The van der Waals surface area contributed by atoms with Crippen LogP contribution in [0.3, 0.4) is 0 Å². The fourth-order valence-electron chi connectivity index (χ4n) is 2.14. The van der Waals surface area contributed by atoms with Gasteiger partial charge in [0.25, 0.3) is 0 Å². The van der Waals surface area contributed by atoms with E-state index in [0.717, 1.165) is 0 Å². The highest BCUT2D eigenvalue weighted by atomic mass is 35.5. The summed E-state index contributed by atoms with van der Waals surface area (Å²) in [4.78, 5) is 0. The summed E-state index contributed by atoms with van der Waals surface area (Å²) in [6, 6.07) is 7.34. The van der Waals surface area contributed by atoms with E-state index in [1.165, 1.54) is 13.2 Å². The Morgan fingerprint density at radius 1 is 1.05 bits per heavy atom. The zero-order chi connectivity index (χ0) is 15.6. The molecule has 1 unspecified atom stereocenters. The van der Waals surface area contributed by atoms with E-state index in [2.05, 4.69) is 5.32 Å². The summed E-state index contributed by atoms with van der Waals surface area (Å²) in [5, 5.41) is 4.22. The van der Waals surface area contributed by atoms with Crippen molar-refractivity contribution in [3.05, 3.63) is 62.3 Å². The number of nitrogens with one attached hydrogen (secondary N) is 1. The Morgan fingerprint density at radius 2 is 1.76 bits per heavy atom. The quantitative estimate of drug-likeness (QED) is 0.829. The van der Waals surface area contributed by atoms with Crippen molar-refractivity contribution in [1.29, 1.82) is 0 Å². The molecule has 21 heavy (non-hydrogen) atoms. The van der Waals surface area contributed by atoms with E-state index < -0.39 is 11.9 Å². The maximum absolute atomic E-state index is 14.1. The SMILES string of the molecule is CNC(c1ccc(Cl)cc1F)c1cc(Cl)c(OC)cc1Cl. The minimum atomic E-state index is -0.446. The van der Waals surface area contributed by atoms with Crippen LogP contribution >= 0.6 is 34.8 Å². The molecule has 0 radical (unpaired) electrons.